The molecule has 0 radical (unpaired) electrons. The maximum atomic E-state index is 12.5. The minimum absolute atomic E-state index is 0.0131. The smallest absolute Gasteiger partial charge is 0.238 e. The Bertz CT molecular complexity index is 880. The quantitative estimate of drug-likeness (QED) is 0.481. The van der Waals surface area contributed by atoms with Gasteiger partial charge in [0.05, 0.1) is 13.1 Å². The van der Waals surface area contributed by atoms with Crippen LogP contribution in [0.4, 0.5) is 11.4 Å². The summed E-state index contributed by atoms with van der Waals surface area (Å²) in [6, 6.07) is 8.47. The number of benzene rings is 2. The van der Waals surface area contributed by atoms with Crippen LogP contribution in [0.3, 0.4) is 0 Å². The van der Waals surface area contributed by atoms with Crippen molar-refractivity contribution in [3.05, 3.63) is 46.5 Å². The Kier molecular flexibility index (Phi) is 10.3. The van der Waals surface area contributed by atoms with Crippen molar-refractivity contribution in [2.75, 3.05) is 49.9 Å². The summed E-state index contributed by atoms with van der Waals surface area (Å²) >= 11 is 0. The number of carbonyl (C=O) groups is 2. The molecule has 0 aliphatic heterocycles. The van der Waals surface area contributed by atoms with Gasteiger partial charge in [-0.15, -0.1) is 0 Å². The van der Waals surface area contributed by atoms with E-state index >= 15 is 0 Å². The van der Waals surface area contributed by atoms with Crippen LogP contribution in [0.2, 0.25) is 0 Å². The summed E-state index contributed by atoms with van der Waals surface area (Å²) in [7, 11) is 0. The van der Waals surface area contributed by atoms with Crippen LogP contribution in [-0.4, -0.2) is 60.9 Å². The second-order valence-corrected chi connectivity index (χ2v) is 8.99. The molecular formula is C28H42N4O2. The fourth-order valence-corrected chi connectivity index (χ4v) is 4.31. The molecule has 0 saturated carbocycles. The SMILES string of the molecule is CCN(CC)CC(=O)Nc1c(C)cc(-c2cc(C)c(NC(=O)CN(CC)CC)c(C)c2)cc1C. The van der Waals surface area contributed by atoms with E-state index in [0.717, 1.165) is 70.9 Å². The van der Waals surface area contributed by atoms with Crippen LogP contribution in [0.15, 0.2) is 24.3 Å². The summed E-state index contributed by atoms with van der Waals surface area (Å²) < 4.78 is 0. The highest BCUT2D eigenvalue weighted by Gasteiger charge is 2.15. The summed E-state index contributed by atoms with van der Waals surface area (Å²) in [5, 5.41) is 6.21. The van der Waals surface area contributed by atoms with Gasteiger partial charge in [0, 0.05) is 11.4 Å². The van der Waals surface area contributed by atoms with Crippen LogP contribution in [0.1, 0.15) is 49.9 Å². The van der Waals surface area contributed by atoms with Crippen LogP contribution in [0, 0.1) is 27.7 Å². The fraction of sp³-hybridized carbons (Fsp3) is 0.500. The molecule has 0 fully saturated rings. The van der Waals surface area contributed by atoms with E-state index in [0.29, 0.717) is 13.1 Å². The molecule has 6 heteroatoms. The van der Waals surface area contributed by atoms with Crippen LogP contribution in [0.5, 0.6) is 0 Å². The van der Waals surface area contributed by atoms with Crippen molar-refractivity contribution in [2.45, 2.75) is 55.4 Å². The van der Waals surface area contributed by atoms with Crippen molar-refractivity contribution in [3.63, 3.8) is 0 Å². The molecule has 0 heterocycles. The minimum atomic E-state index is 0.0131. The Morgan fingerprint density at radius 3 is 1.09 bits per heavy atom. The first kappa shape index (κ1) is 27.5. The molecule has 0 spiro atoms. The Hall–Kier alpha value is -2.70. The Labute approximate surface area is 205 Å². The standard InChI is InChI=1S/C28H42N4O2/c1-9-31(10-2)17-25(33)29-27-19(5)13-23(14-20(27)6)24-15-21(7)28(22(8)16-24)30-26(34)18-32(11-3)12-4/h13-16H,9-12,17-18H2,1-8H3,(H,29,33)(H,30,34). The first-order valence-corrected chi connectivity index (χ1v) is 12.4. The van der Waals surface area contributed by atoms with Crippen molar-refractivity contribution in [1.82, 2.24) is 9.80 Å². The van der Waals surface area contributed by atoms with Gasteiger partial charge in [0.15, 0.2) is 0 Å². The molecule has 0 atom stereocenters. The average Bonchev–Trinajstić information content (AvgIpc) is 2.80. The lowest BCUT2D eigenvalue weighted by Crippen LogP contribution is -2.33. The molecule has 0 bridgehead atoms. The molecule has 0 aliphatic carbocycles. The zero-order valence-electron chi connectivity index (χ0n) is 22.3. The predicted molar refractivity (Wildman–Crippen MR) is 144 cm³/mol. The van der Waals surface area contributed by atoms with E-state index in [-0.39, 0.29) is 11.8 Å². The predicted octanol–water partition coefficient (Wildman–Crippen LogP) is 5.15. The molecule has 0 aliphatic rings. The number of carbonyl (C=O) groups excluding carboxylic acids is 2. The summed E-state index contributed by atoms with van der Waals surface area (Å²) in [5.74, 6) is 0.0262. The lowest BCUT2D eigenvalue weighted by atomic mass is 9.95. The summed E-state index contributed by atoms with van der Waals surface area (Å²) in [6.45, 7) is 20.6. The Morgan fingerprint density at radius 1 is 0.588 bits per heavy atom. The largest absolute Gasteiger partial charge is 0.324 e. The second kappa shape index (κ2) is 12.7. The van der Waals surface area contributed by atoms with Gasteiger partial charge in [0.2, 0.25) is 11.8 Å². The monoisotopic (exact) mass is 466 g/mol. The van der Waals surface area contributed by atoms with Gasteiger partial charge >= 0.3 is 0 Å². The van der Waals surface area contributed by atoms with Gasteiger partial charge in [0.25, 0.3) is 0 Å². The number of rotatable bonds is 11. The van der Waals surface area contributed by atoms with Gasteiger partial charge in [-0.25, -0.2) is 0 Å². The number of aryl methyl sites for hydroxylation is 4. The van der Waals surface area contributed by atoms with Crippen molar-refractivity contribution in [1.29, 1.82) is 0 Å². The highest BCUT2D eigenvalue weighted by atomic mass is 16.2. The number of hydrogen-bond acceptors (Lipinski definition) is 4. The van der Waals surface area contributed by atoms with Crippen LogP contribution >= 0.6 is 0 Å². The van der Waals surface area contributed by atoms with Gasteiger partial charge in [0.1, 0.15) is 0 Å². The van der Waals surface area contributed by atoms with Crippen molar-refractivity contribution < 1.29 is 9.59 Å². The second-order valence-electron chi connectivity index (χ2n) is 8.99. The molecule has 0 unspecified atom stereocenters. The van der Waals surface area contributed by atoms with Crippen LogP contribution in [-0.2, 0) is 9.59 Å². The third-order valence-corrected chi connectivity index (χ3v) is 6.45. The van der Waals surface area contributed by atoms with Gasteiger partial charge in [-0.2, -0.15) is 0 Å². The van der Waals surface area contributed by atoms with E-state index in [1.54, 1.807) is 0 Å². The van der Waals surface area contributed by atoms with Crippen molar-refractivity contribution >= 4 is 23.2 Å². The average molecular weight is 467 g/mol. The Balaban J connectivity index is 2.24. The van der Waals surface area contributed by atoms with E-state index in [4.69, 9.17) is 0 Å². The maximum Gasteiger partial charge on any atom is 0.238 e. The van der Waals surface area contributed by atoms with Crippen molar-refractivity contribution in [2.24, 2.45) is 0 Å². The van der Waals surface area contributed by atoms with E-state index < -0.39 is 0 Å². The number of nitrogens with one attached hydrogen (secondary N) is 2. The normalized spacial score (nSPS) is 11.2. The summed E-state index contributed by atoms with van der Waals surface area (Å²) in [4.78, 5) is 29.3. The number of likely N-dealkylation sites (N-methyl/N-ethyl adjacent to an activating group) is 2. The molecule has 2 aromatic carbocycles. The third kappa shape index (κ3) is 7.15. The van der Waals surface area contributed by atoms with Gasteiger partial charge in [-0.1, -0.05) is 27.7 Å². The zero-order valence-corrected chi connectivity index (χ0v) is 22.3. The number of anilines is 2. The van der Waals surface area contributed by atoms with E-state index in [1.807, 2.05) is 27.7 Å². The third-order valence-electron chi connectivity index (χ3n) is 6.45. The number of amides is 2. The molecule has 2 amide bonds. The van der Waals surface area contributed by atoms with Crippen LogP contribution in [0.25, 0.3) is 11.1 Å². The summed E-state index contributed by atoms with van der Waals surface area (Å²) in [6.07, 6.45) is 0. The molecular weight excluding hydrogens is 424 g/mol. The molecule has 2 N–H and O–H groups in total. The van der Waals surface area contributed by atoms with Gasteiger partial charge < -0.3 is 10.6 Å². The van der Waals surface area contributed by atoms with Gasteiger partial charge in [-0.3, -0.25) is 19.4 Å². The van der Waals surface area contributed by atoms with Gasteiger partial charge in [-0.05, 0) is 112 Å². The molecule has 6 nitrogen and oxygen atoms in total. The Morgan fingerprint density at radius 2 is 0.853 bits per heavy atom. The first-order chi connectivity index (χ1) is 16.1. The highest BCUT2D eigenvalue weighted by Crippen LogP contribution is 2.32. The lowest BCUT2D eigenvalue weighted by Gasteiger charge is -2.20. The van der Waals surface area contributed by atoms with E-state index in [1.165, 1.54) is 0 Å². The zero-order chi connectivity index (χ0) is 25.4. The molecule has 2 rings (SSSR count). The van der Waals surface area contributed by atoms with Crippen molar-refractivity contribution in [3.8, 4) is 11.1 Å². The maximum absolute atomic E-state index is 12.5. The van der Waals surface area contributed by atoms with E-state index in [9.17, 15) is 9.59 Å². The fourth-order valence-electron chi connectivity index (χ4n) is 4.31. The molecule has 0 saturated heterocycles. The first-order valence-electron chi connectivity index (χ1n) is 12.4. The van der Waals surface area contributed by atoms with Crippen LogP contribution < -0.4 is 10.6 Å². The highest BCUT2D eigenvalue weighted by molar-refractivity contribution is 5.95. The molecule has 186 valence electrons. The summed E-state index contributed by atoms with van der Waals surface area (Å²) in [5.41, 5.74) is 8.12. The molecule has 2 aromatic rings. The minimum Gasteiger partial charge on any atom is -0.324 e. The number of hydrogen-bond donors (Lipinski definition) is 2. The topological polar surface area (TPSA) is 64.7 Å². The number of nitrogens with zero attached hydrogens (tertiary/aromatic N) is 2. The molecule has 0 aromatic heterocycles. The lowest BCUT2D eigenvalue weighted by molar-refractivity contribution is -0.118. The molecule has 34 heavy (non-hydrogen) atoms. The van der Waals surface area contributed by atoms with E-state index in [2.05, 4.69) is 72.4 Å².